The lowest BCUT2D eigenvalue weighted by Crippen LogP contribution is -2.35. The third-order valence-electron chi connectivity index (χ3n) is 2.40. The molecule has 0 bridgehead atoms. The number of Topliss-reactive ketones (excluding diaryl/α,β-unsaturated/α-hetero) is 1. The summed E-state index contributed by atoms with van der Waals surface area (Å²) in [7, 11) is 0. The highest BCUT2D eigenvalue weighted by Crippen LogP contribution is 2.06. The van der Waals surface area contributed by atoms with E-state index >= 15 is 0 Å². The summed E-state index contributed by atoms with van der Waals surface area (Å²) in [5.41, 5.74) is 0.263. The van der Waals surface area contributed by atoms with Gasteiger partial charge < -0.3 is 5.32 Å². The van der Waals surface area contributed by atoms with Crippen molar-refractivity contribution in [1.29, 1.82) is 0 Å². The number of amides is 3. The van der Waals surface area contributed by atoms with E-state index in [0.717, 1.165) is 17.0 Å². The van der Waals surface area contributed by atoms with Gasteiger partial charge in [0.25, 0.3) is 0 Å². The van der Waals surface area contributed by atoms with E-state index < -0.39 is 23.5 Å². The molecule has 1 aromatic rings. The molecule has 0 radical (unpaired) electrons. The van der Waals surface area contributed by atoms with Crippen LogP contribution in [0, 0.1) is 5.82 Å². The monoisotopic (exact) mass is 236 g/mol. The van der Waals surface area contributed by atoms with E-state index in [9.17, 15) is 18.8 Å². The van der Waals surface area contributed by atoms with Gasteiger partial charge in [0.05, 0.1) is 13.1 Å². The van der Waals surface area contributed by atoms with Gasteiger partial charge in [-0.05, 0) is 24.3 Å². The van der Waals surface area contributed by atoms with Gasteiger partial charge in [-0.25, -0.2) is 9.18 Å². The predicted molar refractivity (Wildman–Crippen MR) is 55.8 cm³/mol. The molecule has 88 valence electrons. The van der Waals surface area contributed by atoms with Gasteiger partial charge in [0, 0.05) is 5.56 Å². The molecule has 1 N–H and O–H groups in total. The molecule has 3 amide bonds. The number of nitrogens with one attached hydrogen (secondary N) is 1. The molecule has 17 heavy (non-hydrogen) atoms. The van der Waals surface area contributed by atoms with Gasteiger partial charge >= 0.3 is 6.03 Å². The van der Waals surface area contributed by atoms with Gasteiger partial charge in [0.1, 0.15) is 5.82 Å². The molecule has 2 rings (SSSR count). The molecule has 1 aromatic carbocycles. The van der Waals surface area contributed by atoms with E-state index in [4.69, 9.17) is 0 Å². The summed E-state index contributed by atoms with van der Waals surface area (Å²) in [5.74, 6) is -1.29. The summed E-state index contributed by atoms with van der Waals surface area (Å²) in [6, 6.07) is 4.36. The first kappa shape index (κ1) is 11.3. The first-order valence-electron chi connectivity index (χ1n) is 4.95. The maximum atomic E-state index is 12.6. The summed E-state index contributed by atoms with van der Waals surface area (Å²) in [6.45, 7) is -0.411. The molecule has 1 heterocycles. The van der Waals surface area contributed by atoms with Crippen LogP contribution in [-0.4, -0.2) is 35.7 Å². The highest BCUT2D eigenvalue weighted by atomic mass is 19.1. The molecule has 0 aromatic heterocycles. The van der Waals surface area contributed by atoms with Crippen molar-refractivity contribution in [1.82, 2.24) is 10.2 Å². The predicted octanol–water partition coefficient (Wildman–Crippen LogP) is 0.560. The first-order valence-corrected chi connectivity index (χ1v) is 4.95. The second-order valence-electron chi connectivity index (χ2n) is 3.57. The topological polar surface area (TPSA) is 66.5 Å². The Morgan fingerprint density at radius 2 is 1.94 bits per heavy atom. The van der Waals surface area contributed by atoms with Crippen LogP contribution in [0.4, 0.5) is 9.18 Å². The summed E-state index contributed by atoms with van der Waals surface area (Å²) >= 11 is 0. The quantitative estimate of drug-likeness (QED) is 0.616. The molecule has 0 aliphatic carbocycles. The first-order chi connectivity index (χ1) is 8.08. The number of carbonyl (C=O) groups is 3. The Bertz CT molecular complexity index is 468. The van der Waals surface area contributed by atoms with Crippen LogP contribution in [0.1, 0.15) is 10.4 Å². The van der Waals surface area contributed by atoms with Gasteiger partial charge in [-0.1, -0.05) is 0 Å². The summed E-state index contributed by atoms with van der Waals surface area (Å²) in [6.07, 6.45) is 0. The van der Waals surface area contributed by atoms with Crippen molar-refractivity contribution in [3.63, 3.8) is 0 Å². The van der Waals surface area contributed by atoms with E-state index in [1.54, 1.807) is 0 Å². The number of hydrogen-bond donors (Lipinski definition) is 1. The molecule has 6 heteroatoms. The molecular weight excluding hydrogens is 227 g/mol. The summed E-state index contributed by atoms with van der Waals surface area (Å²) in [5, 5.41) is 2.31. The SMILES string of the molecule is O=C(CN1C(=O)CNC1=O)c1ccc(F)cc1. The molecule has 0 saturated carbocycles. The molecule has 1 saturated heterocycles. The lowest BCUT2D eigenvalue weighted by molar-refractivity contribution is -0.124. The minimum atomic E-state index is -0.578. The zero-order chi connectivity index (χ0) is 12.4. The maximum Gasteiger partial charge on any atom is 0.325 e. The summed E-state index contributed by atoms with van der Waals surface area (Å²) in [4.78, 5) is 35.0. The molecule has 5 nitrogen and oxygen atoms in total. The number of imide groups is 1. The Morgan fingerprint density at radius 1 is 1.29 bits per heavy atom. The fourth-order valence-electron chi connectivity index (χ4n) is 1.49. The Kier molecular flexibility index (Phi) is 2.86. The smallest absolute Gasteiger partial charge is 0.325 e. The zero-order valence-electron chi connectivity index (χ0n) is 8.77. The molecule has 0 atom stereocenters. The van der Waals surface area contributed by atoms with Crippen molar-refractivity contribution in [2.75, 3.05) is 13.1 Å². The fraction of sp³-hybridized carbons (Fsp3) is 0.182. The van der Waals surface area contributed by atoms with Gasteiger partial charge in [-0.15, -0.1) is 0 Å². The van der Waals surface area contributed by atoms with Crippen LogP contribution in [0.15, 0.2) is 24.3 Å². The van der Waals surface area contributed by atoms with Crippen LogP contribution in [0.2, 0.25) is 0 Å². The van der Waals surface area contributed by atoms with Crippen LogP contribution in [0.5, 0.6) is 0 Å². The molecule has 0 spiro atoms. The van der Waals surface area contributed by atoms with Crippen molar-refractivity contribution in [2.24, 2.45) is 0 Å². The number of ketones is 1. The second kappa shape index (κ2) is 4.32. The molecular formula is C11H9FN2O3. The van der Waals surface area contributed by atoms with Crippen LogP contribution in [0.3, 0.4) is 0 Å². The number of rotatable bonds is 3. The maximum absolute atomic E-state index is 12.6. The lowest BCUT2D eigenvalue weighted by Gasteiger charge is -2.10. The Labute approximate surface area is 96.2 Å². The Hall–Kier alpha value is -2.24. The zero-order valence-corrected chi connectivity index (χ0v) is 8.77. The summed E-state index contributed by atoms with van der Waals surface area (Å²) < 4.78 is 12.6. The molecule has 1 aliphatic rings. The van der Waals surface area contributed by atoms with Crippen LogP contribution in [-0.2, 0) is 4.79 Å². The van der Waals surface area contributed by atoms with Crippen LogP contribution >= 0.6 is 0 Å². The van der Waals surface area contributed by atoms with Gasteiger partial charge in [-0.2, -0.15) is 0 Å². The minimum Gasteiger partial charge on any atom is -0.329 e. The second-order valence-corrected chi connectivity index (χ2v) is 3.57. The van der Waals surface area contributed by atoms with E-state index in [-0.39, 0.29) is 18.7 Å². The van der Waals surface area contributed by atoms with Crippen molar-refractivity contribution < 1.29 is 18.8 Å². The number of nitrogens with zero attached hydrogens (tertiary/aromatic N) is 1. The standard InChI is InChI=1S/C11H9FN2O3/c12-8-3-1-7(2-4-8)9(15)6-14-10(16)5-13-11(14)17/h1-4H,5-6H2,(H,13,17). The van der Waals surface area contributed by atoms with E-state index in [1.807, 2.05) is 0 Å². The Balaban J connectivity index is 2.09. The Morgan fingerprint density at radius 3 is 2.47 bits per heavy atom. The van der Waals surface area contributed by atoms with Crippen LogP contribution in [0.25, 0.3) is 0 Å². The lowest BCUT2D eigenvalue weighted by atomic mass is 10.1. The van der Waals surface area contributed by atoms with E-state index in [1.165, 1.54) is 12.1 Å². The normalized spacial score (nSPS) is 15.0. The highest BCUT2D eigenvalue weighted by molar-refractivity contribution is 6.07. The van der Waals surface area contributed by atoms with Crippen molar-refractivity contribution >= 4 is 17.7 Å². The van der Waals surface area contributed by atoms with Crippen molar-refractivity contribution in [3.8, 4) is 0 Å². The number of benzene rings is 1. The van der Waals surface area contributed by atoms with E-state index in [0.29, 0.717) is 0 Å². The molecule has 1 aliphatic heterocycles. The highest BCUT2D eigenvalue weighted by Gasteiger charge is 2.30. The average Bonchev–Trinajstić information content (AvgIpc) is 2.61. The minimum absolute atomic E-state index is 0.0878. The van der Waals surface area contributed by atoms with Gasteiger partial charge in [-0.3, -0.25) is 14.5 Å². The van der Waals surface area contributed by atoms with E-state index in [2.05, 4.69) is 5.32 Å². The third-order valence-corrected chi connectivity index (χ3v) is 2.40. The van der Waals surface area contributed by atoms with Crippen LogP contribution < -0.4 is 5.32 Å². The molecule has 0 unspecified atom stereocenters. The van der Waals surface area contributed by atoms with Crippen molar-refractivity contribution in [2.45, 2.75) is 0 Å². The number of halogens is 1. The third kappa shape index (κ3) is 2.30. The van der Waals surface area contributed by atoms with Gasteiger partial charge in [0.15, 0.2) is 5.78 Å². The average molecular weight is 236 g/mol. The van der Waals surface area contributed by atoms with Gasteiger partial charge in [0.2, 0.25) is 5.91 Å². The molecule has 1 fully saturated rings. The van der Waals surface area contributed by atoms with Crippen molar-refractivity contribution in [3.05, 3.63) is 35.6 Å². The largest absolute Gasteiger partial charge is 0.329 e. The number of urea groups is 1. The number of carbonyl (C=O) groups excluding carboxylic acids is 3. The fourth-order valence-corrected chi connectivity index (χ4v) is 1.49. The number of hydrogen-bond acceptors (Lipinski definition) is 3.